The smallest absolute Gasteiger partial charge is 0.296 e. The normalized spacial score (nSPS) is 12.5. The van der Waals surface area contributed by atoms with Gasteiger partial charge < -0.3 is 5.11 Å². The minimum atomic E-state index is -4.58. The van der Waals surface area contributed by atoms with Crippen molar-refractivity contribution in [3.05, 3.63) is 52.7 Å². The lowest BCUT2D eigenvalue weighted by Gasteiger charge is -2.07. The number of nitrogens with zero attached hydrogens (tertiary/aromatic N) is 4. The van der Waals surface area contributed by atoms with Gasteiger partial charge in [0.05, 0.1) is 21.3 Å². The lowest BCUT2D eigenvalue weighted by Crippen LogP contribution is -2.02. The molecule has 14 heteroatoms. The summed E-state index contributed by atoms with van der Waals surface area (Å²) in [5.41, 5.74) is 0.316. The molecule has 0 unspecified atom stereocenters. The van der Waals surface area contributed by atoms with Crippen molar-refractivity contribution in [2.24, 2.45) is 10.2 Å². The second-order valence-electron chi connectivity index (χ2n) is 6.40. The Morgan fingerprint density at radius 2 is 1.65 bits per heavy atom. The van der Waals surface area contributed by atoms with Crippen molar-refractivity contribution in [2.45, 2.75) is 23.6 Å². The molecule has 0 amide bonds. The van der Waals surface area contributed by atoms with Gasteiger partial charge in [-0.25, -0.2) is 0 Å². The van der Waals surface area contributed by atoms with Gasteiger partial charge in [-0.1, -0.05) is 17.7 Å². The minimum absolute atomic E-state index is 0.0147. The molecule has 31 heavy (non-hydrogen) atoms. The first-order chi connectivity index (χ1) is 14.3. The van der Waals surface area contributed by atoms with Crippen LogP contribution in [0.3, 0.4) is 0 Å². The summed E-state index contributed by atoms with van der Waals surface area (Å²) in [6.45, 7) is 3.09. The fourth-order valence-electron chi connectivity index (χ4n) is 2.62. The Labute approximate surface area is 182 Å². The van der Waals surface area contributed by atoms with Gasteiger partial charge in [0.15, 0.2) is 5.69 Å². The van der Waals surface area contributed by atoms with Crippen molar-refractivity contribution in [2.75, 3.05) is 0 Å². The van der Waals surface area contributed by atoms with Crippen LogP contribution in [0, 0.1) is 13.8 Å². The van der Waals surface area contributed by atoms with Gasteiger partial charge in [0.25, 0.3) is 20.2 Å². The van der Waals surface area contributed by atoms with Crippen molar-refractivity contribution in [3.8, 4) is 11.6 Å². The Morgan fingerprint density at radius 3 is 2.26 bits per heavy atom. The summed E-state index contributed by atoms with van der Waals surface area (Å²) in [4.78, 5) is -0.940. The monoisotopic (exact) mass is 486 g/mol. The third-order valence-corrected chi connectivity index (χ3v) is 6.15. The number of hydrogen-bond acceptors (Lipinski definition) is 8. The molecular formula is C17H15ClN4O7S2. The zero-order valence-electron chi connectivity index (χ0n) is 15.9. The van der Waals surface area contributed by atoms with E-state index in [0.29, 0.717) is 5.56 Å². The number of azo groups is 1. The highest BCUT2D eigenvalue weighted by atomic mass is 35.5. The molecule has 164 valence electrons. The highest BCUT2D eigenvalue weighted by molar-refractivity contribution is 7.86. The van der Waals surface area contributed by atoms with Crippen LogP contribution in [0.15, 0.2) is 56.4 Å². The summed E-state index contributed by atoms with van der Waals surface area (Å²) in [5, 5.41) is 22.2. The molecule has 0 atom stereocenters. The molecule has 3 rings (SSSR count). The van der Waals surface area contributed by atoms with E-state index < -0.39 is 35.9 Å². The van der Waals surface area contributed by atoms with E-state index in [9.17, 15) is 31.0 Å². The zero-order valence-corrected chi connectivity index (χ0v) is 18.3. The van der Waals surface area contributed by atoms with Crippen LogP contribution >= 0.6 is 11.6 Å². The molecule has 2 aromatic carbocycles. The SMILES string of the molecule is Cc1ccc(N=Nc2c(C)nn(-c3cc(S(=O)(=O)O)ccc3Cl)c2O)c(S(=O)(=O)O)c1. The topological polar surface area (TPSA) is 172 Å². The quantitative estimate of drug-likeness (QED) is 0.361. The van der Waals surface area contributed by atoms with E-state index in [0.717, 1.165) is 16.8 Å². The number of halogens is 1. The van der Waals surface area contributed by atoms with Crippen LogP contribution in [-0.4, -0.2) is 40.8 Å². The van der Waals surface area contributed by atoms with E-state index in [1.807, 2.05) is 0 Å². The predicted molar refractivity (Wildman–Crippen MR) is 110 cm³/mol. The van der Waals surface area contributed by atoms with E-state index >= 15 is 0 Å². The van der Waals surface area contributed by atoms with Gasteiger partial charge in [-0.05, 0) is 49.7 Å². The van der Waals surface area contributed by atoms with Crippen molar-refractivity contribution in [3.63, 3.8) is 0 Å². The average molecular weight is 487 g/mol. The van der Waals surface area contributed by atoms with Gasteiger partial charge in [0, 0.05) is 0 Å². The molecule has 0 fully saturated rings. The Morgan fingerprint density at radius 1 is 0.968 bits per heavy atom. The number of aryl methyl sites for hydroxylation is 2. The third kappa shape index (κ3) is 4.75. The van der Waals surface area contributed by atoms with Gasteiger partial charge in [0.2, 0.25) is 5.88 Å². The first kappa shape index (κ1) is 22.8. The second kappa shape index (κ2) is 8.01. The Kier molecular flexibility index (Phi) is 5.90. The molecule has 11 nitrogen and oxygen atoms in total. The standard InChI is InChI=1S/C17H15ClN4O7S2/c1-9-3-6-13(15(7-9)31(27,28)29)19-20-16-10(2)21-22(17(16)23)14-8-11(30(24,25)26)4-5-12(14)18/h3-8,23H,1-2H3,(H,24,25,26)(H,27,28,29). The molecule has 0 aliphatic rings. The number of aromatic nitrogens is 2. The van der Waals surface area contributed by atoms with Crippen molar-refractivity contribution in [1.29, 1.82) is 0 Å². The maximum Gasteiger partial charge on any atom is 0.296 e. The number of aromatic hydroxyl groups is 1. The van der Waals surface area contributed by atoms with E-state index in [-0.39, 0.29) is 27.8 Å². The molecule has 0 bridgehead atoms. The van der Waals surface area contributed by atoms with Crippen LogP contribution < -0.4 is 0 Å². The van der Waals surface area contributed by atoms with Gasteiger partial charge in [-0.15, -0.1) is 10.2 Å². The summed E-state index contributed by atoms with van der Waals surface area (Å²) < 4.78 is 65.5. The Hall–Kier alpha value is -2.84. The molecule has 0 spiro atoms. The Bertz CT molecular complexity index is 1430. The van der Waals surface area contributed by atoms with E-state index in [2.05, 4.69) is 15.3 Å². The molecule has 3 N–H and O–H groups in total. The maximum atomic E-state index is 11.6. The first-order valence-electron chi connectivity index (χ1n) is 8.35. The van der Waals surface area contributed by atoms with Crippen molar-refractivity contribution in [1.82, 2.24) is 9.78 Å². The predicted octanol–water partition coefficient (Wildman–Crippen LogP) is 3.76. The molecule has 3 aromatic rings. The van der Waals surface area contributed by atoms with Gasteiger partial charge >= 0.3 is 0 Å². The summed E-state index contributed by atoms with van der Waals surface area (Å²) in [7, 11) is -9.12. The molecule has 1 aromatic heterocycles. The van der Waals surface area contributed by atoms with Crippen LogP contribution in [0.2, 0.25) is 5.02 Å². The summed E-state index contributed by atoms with van der Waals surface area (Å²) in [6, 6.07) is 7.36. The second-order valence-corrected chi connectivity index (χ2v) is 9.62. The van der Waals surface area contributed by atoms with Crippen LogP contribution in [-0.2, 0) is 20.2 Å². The zero-order chi connectivity index (χ0) is 23.1. The van der Waals surface area contributed by atoms with Crippen LogP contribution in [0.1, 0.15) is 11.3 Å². The fraction of sp³-hybridized carbons (Fsp3) is 0.118. The number of benzene rings is 2. The molecule has 0 aliphatic carbocycles. The molecule has 0 saturated heterocycles. The molecule has 1 heterocycles. The van der Waals surface area contributed by atoms with E-state index in [4.69, 9.17) is 11.6 Å². The highest BCUT2D eigenvalue weighted by Crippen LogP contribution is 2.37. The maximum absolute atomic E-state index is 11.6. The lowest BCUT2D eigenvalue weighted by atomic mass is 10.2. The molecular weight excluding hydrogens is 472 g/mol. The van der Waals surface area contributed by atoms with Crippen LogP contribution in [0.5, 0.6) is 5.88 Å². The largest absolute Gasteiger partial charge is 0.492 e. The molecule has 0 aliphatic heterocycles. The fourth-order valence-corrected chi connectivity index (χ4v) is 4.03. The average Bonchev–Trinajstić information content (AvgIpc) is 2.93. The number of hydrogen-bond donors (Lipinski definition) is 3. The van der Waals surface area contributed by atoms with Crippen molar-refractivity contribution >= 4 is 43.2 Å². The molecule has 0 saturated carbocycles. The summed E-state index contributed by atoms with van der Waals surface area (Å²) in [5.74, 6) is -0.573. The first-order valence-corrected chi connectivity index (χ1v) is 11.6. The molecule has 0 radical (unpaired) electrons. The number of rotatable bonds is 5. The summed E-state index contributed by atoms with van der Waals surface area (Å²) >= 11 is 6.08. The van der Waals surface area contributed by atoms with Crippen molar-refractivity contribution < 1.29 is 31.0 Å². The van der Waals surface area contributed by atoms with Crippen LogP contribution in [0.4, 0.5) is 11.4 Å². The minimum Gasteiger partial charge on any atom is -0.492 e. The van der Waals surface area contributed by atoms with Gasteiger partial charge in [-0.3, -0.25) is 9.11 Å². The van der Waals surface area contributed by atoms with E-state index in [1.165, 1.54) is 25.1 Å². The Balaban J connectivity index is 2.11. The summed E-state index contributed by atoms with van der Waals surface area (Å²) in [6.07, 6.45) is 0. The lowest BCUT2D eigenvalue weighted by molar-refractivity contribution is 0.434. The van der Waals surface area contributed by atoms with E-state index in [1.54, 1.807) is 13.0 Å². The van der Waals surface area contributed by atoms with Gasteiger partial charge in [0.1, 0.15) is 10.6 Å². The third-order valence-electron chi connectivity index (χ3n) is 4.10. The van der Waals surface area contributed by atoms with Gasteiger partial charge in [-0.2, -0.15) is 26.6 Å². The van der Waals surface area contributed by atoms with Crippen LogP contribution in [0.25, 0.3) is 5.69 Å². The highest BCUT2D eigenvalue weighted by Gasteiger charge is 2.21.